The van der Waals surface area contributed by atoms with Crippen LogP contribution in [0.15, 0.2) is 61.1 Å². The number of anilines is 3. The third kappa shape index (κ3) is 4.66. The minimum Gasteiger partial charge on any atom is -0.366 e. The van der Waals surface area contributed by atoms with Crippen molar-refractivity contribution >= 4 is 17.5 Å². The zero-order valence-corrected chi connectivity index (χ0v) is 13.0. The molecule has 0 amide bonds. The van der Waals surface area contributed by atoms with Gasteiger partial charge in [-0.1, -0.05) is 18.2 Å². The molecule has 0 aliphatic heterocycles. The molecule has 2 aromatic heterocycles. The van der Waals surface area contributed by atoms with Crippen LogP contribution in [0.3, 0.4) is 0 Å². The highest BCUT2D eigenvalue weighted by atomic mass is 19.4. The smallest absolute Gasteiger partial charge is 0.366 e. The summed E-state index contributed by atoms with van der Waals surface area (Å²) in [6.07, 6.45) is -1.35. The van der Waals surface area contributed by atoms with Crippen molar-refractivity contribution in [2.45, 2.75) is 12.7 Å². The average Bonchev–Trinajstić information content (AvgIpc) is 2.61. The molecule has 0 aliphatic rings. The first-order chi connectivity index (χ1) is 12.0. The van der Waals surface area contributed by atoms with Gasteiger partial charge in [-0.15, -0.1) is 0 Å². The van der Waals surface area contributed by atoms with E-state index < -0.39 is 11.7 Å². The fraction of sp³-hybridized carbons (Fsp3) is 0.118. The van der Waals surface area contributed by atoms with Crippen molar-refractivity contribution in [1.29, 1.82) is 0 Å². The lowest BCUT2D eigenvalue weighted by atomic mass is 10.1. The average molecular weight is 345 g/mol. The molecule has 0 unspecified atom stereocenters. The molecule has 0 fully saturated rings. The Kier molecular flexibility index (Phi) is 4.78. The monoisotopic (exact) mass is 345 g/mol. The molecule has 0 spiro atoms. The van der Waals surface area contributed by atoms with Crippen LogP contribution >= 0.6 is 0 Å². The van der Waals surface area contributed by atoms with Gasteiger partial charge in [0.05, 0.1) is 5.56 Å². The van der Waals surface area contributed by atoms with Gasteiger partial charge in [-0.05, 0) is 29.8 Å². The number of alkyl halides is 3. The van der Waals surface area contributed by atoms with Crippen LogP contribution in [-0.2, 0) is 12.7 Å². The van der Waals surface area contributed by atoms with E-state index in [2.05, 4.69) is 25.6 Å². The largest absolute Gasteiger partial charge is 0.416 e. The van der Waals surface area contributed by atoms with Gasteiger partial charge in [-0.25, -0.2) is 15.0 Å². The van der Waals surface area contributed by atoms with Crippen LogP contribution in [0.25, 0.3) is 0 Å². The maximum absolute atomic E-state index is 12.7. The summed E-state index contributed by atoms with van der Waals surface area (Å²) in [5.41, 5.74) is -0.167. The van der Waals surface area contributed by atoms with E-state index in [-0.39, 0.29) is 6.54 Å². The van der Waals surface area contributed by atoms with Gasteiger partial charge < -0.3 is 10.6 Å². The van der Waals surface area contributed by atoms with Gasteiger partial charge in [-0.2, -0.15) is 13.2 Å². The van der Waals surface area contributed by atoms with Gasteiger partial charge in [0.25, 0.3) is 0 Å². The summed E-state index contributed by atoms with van der Waals surface area (Å²) in [5.74, 6) is 1.65. The second-order valence-electron chi connectivity index (χ2n) is 5.18. The molecule has 8 heteroatoms. The Morgan fingerprint density at radius 2 is 1.68 bits per heavy atom. The van der Waals surface area contributed by atoms with Crippen molar-refractivity contribution < 1.29 is 13.2 Å². The highest BCUT2D eigenvalue weighted by molar-refractivity contribution is 5.55. The van der Waals surface area contributed by atoms with Gasteiger partial charge in [0.15, 0.2) is 0 Å². The number of benzene rings is 1. The Balaban J connectivity index is 1.67. The maximum Gasteiger partial charge on any atom is 0.416 e. The summed E-state index contributed by atoms with van der Waals surface area (Å²) >= 11 is 0. The predicted octanol–water partition coefficient (Wildman–Crippen LogP) is 4.25. The molecule has 0 bridgehead atoms. The van der Waals surface area contributed by atoms with E-state index in [9.17, 15) is 13.2 Å². The molecule has 25 heavy (non-hydrogen) atoms. The Morgan fingerprint density at radius 1 is 0.840 bits per heavy atom. The van der Waals surface area contributed by atoms with Gasteiger partial charge in [-0.3, -0.25) is 0 Å². The molecule has 128 valence electrons. The fourth-order valence-electron chi connectivity index (χ4n) is 2.14. The molecule has 0 radical (unpaired) electrons. The van der Waals surface area contributed by atoms with Crippen molar-refractivity contribution in [2.24, 2.45) is 0 Å². The number of aromatic nitrogens is 3. The number of pyridine rings is 1. The van der Waals surface area contributed by atoms with E-state index in [0.717, 1.165) is 12.1 Å². The predicted molar refractivity (Wildman–Crippen MR) is 88.3 cm³/mol. The van der Waals surface area contributed by atoms with Crippen molar-refractivity contribution in [2.75, 3.05) is 10.6 Å². The minimum atomic E-state index is -4.36. The second kappa shape index (κ2) is 7.16. The van der Waals surface area contributed by atoms with Crippen molar-refractivity contribution in [3.8, 4) is 0 Å². The summed E-state index contributed by atoms with van der Waals surface area (Å²) < 4.78 is 38.2. The zero-order valence-electron chi connectivity index (χ0n) is 13.0. The first-order valence-corrected chi connectivity index (χ1v) is 7.41. The minimum absolute atomic E-state index is 0.212. The fourth-order valence-corrected chi connectivity index (χ4v) is 2.14. The van der Waals surface area contributed by atoms with Gasteiger partial charge >= 0.3 is 6.18 Å². The van der Waals surface area contributed by atoms with Gasteiger partial charge in [0, 0.05) is 18.8 Å². The Morgan fingerprint density at radius 3 is 2.44 bits per heavy atom. The molecule has 5 nitrogen and oxygen atoms in total. The standard InChI is InChI=1S/C17H14F3N5/c18-17(19,20)13-5-3-4-12(8-13)10-22-15-9-16(24-11-23-15)25-14-6-1-2-7-21-14/h1-9,11H,10H2,(H2,21,22,23,24,25). The molecule has 2 N–H and O–H groups in total. The summed E-state index contributed by atoms with van der Waals surface area (Å²) in [6, 6.07) is 12.2. The summed E-state index contributed by atoms with van der Waals surface area (Å²) in [7, 11) is 0. The Bertz CT molecular complexity index is 837. The second-order valence-corrected chi connectivity index (χ2v) is 5.18. The molecular weight excluding hydrogens is 331 g/mol. The van der Waals surface area contributed by atoms with E-state index in [1.54, 1.807) is 30.5 Å². The van der Waals surface area contributed by atoms with Crippen LogP contribution < -0.4 is 10.6 Å². The summed E-state index contributed by atoms with van der Waals surface area (Å²) in [5, 5.41) is 6.01. The lowest BCUT2D eigenvalue weighted by Crippen LogP contribution is -2.07. The van der Waals surface area contributed by atoms with Crippen molar-refractivity contribution in [3.63, 3.8) is 0 Å². The van der Waals surface area contributed by atoms with Gasteiger partial charge in [0.2, 0.25) is 0 Å². The molecule has 1 aromatic carbocycles. The molecule has 0 saturated carbocycles. The maximum atomic E-state index is 12.7. The number of nitrogens with one attached hydrogen (secondary N) is 2. The van der Waals surface area contributed by atoms with E-state index in [1.165, 1.54) is 12.4 Å². The van der Waals surface area contributed by atoms with Crippen molar-refractivity contribution in [1.82, 2.24) is 15.0 Å². The number of nitrogens with zero attached hydrogens (tertiary/aromatic N) is 3. The molecule has 0 saturated heterocycles. The molecule has 2 heterocycles. The van der Waals surface area contributed by atoms with E-state index in [1.807, 2.05) is 6.07 Å². The summed E-state index contributed by atoms with van der Waals surface area (Å²) in [6.45, 7) is 0.212. The number of halogens is 3. The Hall–Kier alpha value is -3.16. The van der Waals surface area contributed by atoms with Crippen LogP contribution in [0.4, 0.5) is 30.6 Å². The zero-order chi connectivity index (χ0) is 17.7. The number of hydrogen-bond donors (Lipinski definition) is 2. The number of hydrogen-bond acceptors (Lipinski definition) is 5. The van der Waals surface area contributed by atoms with Crippen LogP contribution in [0, 0.1) is 0 Å². The van der Waals surface area contributed by atoms with Gasteiger partial charge in [0.1, 0.15) is 23.8 Å². The first-order valence-electron chi connectivity index (χ1n) is 7.41. The van der Waals surface area contributed by atoms with Crippen LogP contribution in [-0.4, -0.2) is 15.0 Å². The third-order valence-electron chi connectivity index (χ3n) is 3.32. The quantitative estimate of drug-likeness (QED) is 0.724. The molecule has 0 aliphatic carbocycles. The highest BCUT2D eigenvalue weighted by Gasteiger charge is 2.30. The van der Waals surface area contributed by atoms with Crippen molar-refractivity contribution in [3.05, 3.63) is 72.2 Å². The van der Waals surface area contributed by atoms with Crippen LogP contribution in [0.1, 0.15) is 11.1 Å². The topological polar surface area (TPSA) is 62.7 Å². The van der Waals surface area contributed by atoms with E-state index >= 15 is 0 Å². The SMILES string of the molecule is FC(F)(F)c1cccc(CNc2cc(Nc3ccccn3)ncn2)c1. The molecule has 0 atom stereocenters. The van der Waals surface area contributed by atoms with E-state index in [4.69, 9.17) is 0 Å². The first kappa shape index (κ1) is 16.7. The third-order valence-corrected chi connectivity index (χ3v) is 3.32. The molecular formula is C17H14F3N5. The lowest BCUT2D eigenvalue weighted by Gasteiger charge is -2.10. The molecule has 3 aromatic rings. The normalized spacial score (nSPS) is 11.2. The highest BCUT2D eigenvalue weighted by Crippen LogP contribution is 2.29. The molecule has 3 rings (SSSR count). The summed E-state index contributed by atoms with van der Waals surface area (Å²) in [4.78, 5) is 12.3. The van der Waals surface area contributed by atoms with Crippen LogP contribution in [0.5, 0.6) is 0 Å². The Labute approximate surface area is 142 Å². The number of rotatable bonds is 5. The van der Waals surface area contributed by atoms with E-state index in [0.29, 0.717) is 23.0 Å². The lowest BCUT2D eigenvalue weighted by molar-refractivity contribution is -0.137. The van der Waals surface area contributed by atoms with Crippen LogP contribution in [0.2, 0.25) is 0 Å².